The molecule has 1 aromatic rings. The van der Waals surface area contributed by atoms with Crippen molar-refractivity contribution in [2.45, 2.75) is 31.7 Å². The Hall–Kier alpha value is -1.39. The quantitative estimate of drug-likeness (QED) is 0.864. The van der Waals surface area contributed by atoms with E-state index in [-0.39, 0.29) is 11.8 Å². The van der Waals surface area contributed by atoms with E-state index in [0.29, 0.717) is 6.04 Å². The first-order chi connectivity index (χ1) is 10.8. The molecule has 120 valence electrons. The lowest BCUT2D eigenvalue weighted by molar-refractivity contribution is -0.125. The summed E-state index contributed by atoms with van der Waals surface area (Å²) < 4.78 is 0. The Morgan fingerprint density at radius 3 is 2.64 bits per heavy atom. The number of carbonyl (C=O) groups excluding carboxylic acids is 1. The van der Waals surface area contributed by atoms with Crippen molar-refractivity contribution in [2.75, 3.05) is 32.7 Å². The van der Waals surface area contributed by atoms with E-state index in [1.165, 1.54) is 5.56 Å². The number of carbonyl (C=O) groups is 1. The normalized spacial score (nSPS) is 23.5. The maximum absolute atomic E-state index is 12.1. The van der Waals surface area contributed by atoms with Crippen LogP contribution in [0.5, 0.6) is 0 Å². The lowest BCUT2D eigenvalue weighted by Crippen LogP contribution is -2.46. The monoisotopic (exact) mass is 301 g/mol. The fourth-order valence-corrected chi connectivity index (χ4v) is 3.43. The Kier molecular flexibility index (Phi) is 5.46. The van der Waals surface area contributed by atoms with Crippen LogP contribution in [0.2, 0.25) is 0 Å². The summed E-state index contributed by atoms with van der Waals surface area (Å²) in [6, 6.07) is 11.0. The first-order valence-corrected chi connectivity index (χ1v) is 8.58. The minimum atomic E-state index is 0.191. The molecule has 0 bridgehead atoms. The zero-order chi connectivity index (χ0) is 15.2. The van der Waals surface area contributed by atoms with Gasteiger partial charge in [-0.1, -0.05) is 30.3 Å². The highest BCUT2D eigenvalue weighted by molar-refractivity contribution is 5.79. The lowest BCUT2D eigenvalue weighted by Gasteiger charge is -2.32. The van der Waals surface area contributed by atoms with Crippen LogP contribution in [-0.2, 0) is 11.2 Å². The summed E-state index contributed by atoms with van der Waals surface area (Å²) in [6.45, 7) is 5.15. The van der Waals surface area contributed by atoms with Crippen molar-refractivity contribution in [3.63, 3.8) is 0 Å². The van der Waals surface area contributed by atoms with Gasteiger partial charge in [-0.3, -0.25) is 4.79 Å². The zero-order valence-corrected chi connectivity index (χ0v) is 13.3. The molecule has 2 aliphatic rings. The summed E-state index contributed by atoms with van der Waals surface area (Å²) in [5.41, 5.74) is 1.41. The third kappa shape index (κ3) is 4.31. The van der Waals surface area contributed by atoms with Gasteiger partial charge in [0.15, 0.2) is 0 Å². The van der Waals surface area contributed by atoms with E-state index >= 15 is 0 Å². The fraction of sp³-hybridized carbons (Fsp3) is 0.611. The van der Waals surface area contributed by atoms with Crippen molar-refractivity contribution in [2.24, 2.45) is 5.92 Å². The maximum atomic E-state index is 12.1. The molecule has 2 N–H and O–H groups in total. The van der Waals surface area contributed by atoms with Crippen molar-refractivity contribution >= 4 is 5.91 Å². The van der Waals surface area contributed by atoms with Crippen LogP contribution < -0.4 is 10.6 Å². The molecule has 1 atom stereocenters. The molecule has 22 heavy (non-hydrogen) atoms. The van der Waals surface area contributed by atoms with Crippen LogP contribution in [0.4, 0.5) is 0 Å². The molecule has 1 aromatic carbocycles. The van der Waals surface area contributed by atoms with Crippen LogP contribution in [0.3, 0.4) is 0 Å². The predicted octanol–water partition coefficient (Wildman–Crippen LogP) is 1.42. The molecule has 0 aliphatic carbocycles. The molecular weight excluding hydrogens is 274 g/mol. The number of hydrogen-bond donors (Lipinski definition) is 2. The number of likely N-dealkylation sites (tertiary alicyclic amines) is 1. The molecule has 1 unspecified atom stereocenters. The minimum Gasteiger partial charge on any atom is -0.353 e. The smallest absolute Gasteiger partial charge is 0.224 e. The van der Waals surface area contributed by atoms with Crippen LogP contribution in [0, 0.1) is 5.92 Å². The van der Waals surface area contributed by atoms with Gasteiger partial charge >= 0.3 is 0 Å². The number of hydrogen-bond acceptors (Lipinski definition) is 3. The van der Waals surface area contributed by atoms with Crippen LogP contribution in [-0.4, -0.2) is 49.6 Å². The molecule has 0 aromatic heterocycles. The van der Waals surface area contributed by atoms with E-state index in [0.717, 1.165) is 58.4 Å². The summed E-state index contributed by atoms with van der Waals surface area (Å²) >= 11 is 0. The summed E-state index contributed by atoms with van der Waals surface area (Å²) in [5, 5.41) is 6.51. The molecule has 2 saturated heterocycles. The molecule has 2 aliphatic heterocycles. The summed E-state index contributed by atoms with van der Waals surface area (Å²) in [7, 11) is 0. The van der Waals surface area contributed by atoms with Crippen molar-refractivity contribution in [1.82, 2.24) is 15.5 Å². The highest BCUT2D eigenvalue weighted by Gasteiger charge is 2.26. The van der Waals surface area contributed by atoms with Gasteiger partial charge in [-0.2, -0.15) is 0 Å². The van der Waals surface area contributed by atoms with E-state index < -0.39 is 0 Å². The maximum Gasteiger partial charge on any atom is 0.224 e. The Morgan fingerprint density at radius 1 is 1.18 bits per heavy atom. The second-order valence-corrected chi connectivity index (χ2v) is 6.55. The number of rotatable bonds is 5. The van der Waals surface area contributed by atoms with Crippen molar-refractivity contribution in [1.29, 1.82) is 0 Å². The predicted molar refractivity (Wildman–Crippen MR) is 88.7 cm³/mol. The van der Waals surface area contributed by atoms with Crippen molar-refractivity contribution < 1.29 is 4.79 Å². The summed E-state index contributed by atoms with van der Waals surface area (Å²) in [6.07, 6.45) is 4.27. The van der Waals surface area contributed by atoms with Gasteiger partial charge in [0, 0.05) is 32.2 Å². The molecule has 0 spiro atoms. The van der Waals surface area contributed by atoms with E-state index in [1.807, 2.05) is 0 Å². The lowest BCUT2D eigenvalue weighted by atomic mass is 10.0. The number of benzene rings is 1. The third-order valence-corrected chi connectivity index (χ3v) is 4.92. The van der Waals surface area contributed by atoms with Crippen LogP contribution in [0.15, 0.2) is 30.3 Å². The number of nitrogens with zero attached hydrogens (tertiary/aromatic N) is 1. The minimum absolute atomic E-state index is 0.191. The van der Waals surface area contributed by atoms with Crippen molar-refractivity contribution in [3.8, 4) is 0 Å². The molecule has 2 heterocycles. The fourth-order valence-electron chi connectivity index (χ4n) is 3.43. The Labute approximate surface area is 133 Å². The number of amides is 1. The van der Waals surface area contributed by atoms with E-state index in [1.54, 1.807) is 0 Å². The van der Waals surface area contributed by atoms with Crippen LogP contribution in [0.1, 0.15) is 24.8 Å². The second kappa shape index (κ2) is 7.75. The van der Waals surface area contributed by atoms with E-state index in [4.69, 9.17) is 0 Å². The molecule has 1 amide bonds. The largest absolute Gasteiger partial charge is 0.353 e. The Bertz CT molecular complexity index is 462. The molecule has 3 rings (SSSR count). The van der Waals surface area contributed by atoms with E-state index in [2.05, 4.69) is 45.9 Å². The van der Waals surface area contributed by atoms with Gasteiger partial charge in [0.05, 0.1) is 5.92 Å². The number of nitrogens with one attached hydrogen (secondary N) is 2. The molecule has 2 fully saturated rings. The summed E-state index contributed by atoms with van der Waals surface area (Å²) in [4.78, 5) is 14.7. The average molecular weight is 301 g/mol. The first kappa shape index (κ1) is 15.5. The van der Waals surface area contributed by atoms with Crippen LogP contribution in [0.25, 0.3) is 0 Å². The highest BCUT2D eigenvalue weighted by Crippen LogP contribution is 2.14. The topological polar surface area (TPSA) is 44.4 Å². The molecule has 0 radical (unpaired) electrons. The van der Waals surface area contributed by atoms with Gasteiger partial charge < -0.3 is 15.5 Å². The first-order valence-electron chi connectivity index (χ1n) is 8.58. The molecule has 4 heteroatoms. The van der Waals surface area contributed by atoms with E-state index in [9.17, 15) is 4.79 Å². The Balaban J connectivity index is 1.36. The van der Waals surface area contributed by atoms with Gasteiger partial charge in [-0.25, -0.2) is 0 Å². The van der Waals surface area contributed by atoms with Gasteiger partial charge in [0.1, 0.15) is 0 Å². The SMILES string of the molecule is O=C(NC1CCN(CCc2ccccc2)CC1)C1CCNC1. The Morgan fingerprint density at radius 2 is 1.95 bits per heavy atom. The molecule has 4 nitrogen and oxygen atoms in total. The molecule has 0 saturated carbocycles. The van der Waals surface area contributed by atoms with Gasteiger partial charge in [0.2, 0.25) is 5.91 Å². The molecular formula is C18H27N3O. The zero-order valence-electron chi connectivity index (χ0n) is 13.3. The van der Waals surface area contributed by atoms with Gasteiger partial charge in [-0.15, -0.1) is 0 Å². The highest BCUT2D eigenvalue weighted by atomic mass is 16.2. The number of piperidine rings is 1. The standard InChI is InChI=1S/C18H27N3O/c22-18(16-6-10-19-14-16)20-17-8-12-21(13-9-17)11-7-15-4-2-1-3-5-15/h1-5,16-17,19H,6-14H2,(H,20,22). The van der Waals surface area contributed by atoms with Gasteiger partial charge in [0.25, 0.3) is 0 Å². The third-order valence-electron chi connectivity index (χ3n) is 4.92. The second-order valence-electron chi connectivity index (χ2n) is 6.55. The van der Waals surface area contributed by atoms with Crippen molar-refractivity contribution in [3.05, 3.63) is 35.9 Å². The van der Waals surface area contributed by atoms with Crippen LogP contribution >= 0.6 is 0 Å². The van der Waals surface area contributed by atoms with Gasteiger partial charge in [-0.05, 0) is 37.8 Å². The average Bonchev–Trinajstić information content (AvgIpc) is 3.10. The summed E-state index contributed by atoms with van der Waals surface area (Å²) in [5.74, 6) is 0.448.